The van der Waals surface area contributed by atoms with E-state index in [-0.39, 0.29) is 19.1 Å². The summed E-state index contributed by atoms with van der Waals surface area (Å²) in [6.07, 6.45) is 0.929. The molecule has 0 spiro atoms. The van der Waals surface area contributed by atoms with E-state index in [0.717, 1.165) is 33.8 Å². The van der Waals surface area contributed by atoms with Gasteiger partial charge in [-0.1, -0.05) is 42.5 Å². The van der Waals surface area contributed by atoms with Crippen LogP contribution in [0.15, 0.2) is 66.7 Å². The average Bonchev–Trinajstić information content (AvgIpc) is 3.28. The molecule has 32 heavy (non-hydrogen) atoms. The number of hydrogen-bond donors (Lipinski definition) is 3. The van der Waals surface area contributed by atoms with E-state index in [1.807, 2.05) is 30.3 Å². The molecule has 0 aliphatic carbocycles. The molecule has 1 aliphatic rings. The number of carboxylic acids is 1. The maximum atomic E-state index is 12.4. The number of fused-ring (bicyclic) bond motifs is 1. The molecule has 7 heteroatoms. The number of carbonyl (C=O) groups excluding carboxylic acids is 1. The minimum atomic E-state index is -1.05. The Morgan fingerprint density at radius 2 is 1.56 bits per heavy atom. The molecule has 4 rings (SSSR count). The summed E-state index contributed by atoms with van der Waals surface area (Å²) in [4.78, 5) is 23.2. The van der Waals surface area contributed by atoms with Gasteiger partial charge < -0.3 is 25.6 Å². The summed E-state index contributed by atoms with van der Waals surface area (Å²) < 4.78 is 10.8. The van der Waals surface area contributed by atoms with E-state index in [0.29, 0.717) is 18.5 Å². The fraction of sp³-hybridized carbons (Fsp3) is 0.200. The molecule has 3 aromatic rings. The van der Waals surface area contributed by atoms with Crippen LogP contribution in [0, 0.1) is 0 Å². The van der Waals surface area contributed by atoms with Crippen molar-refractivity contribution in [3.63, 3.8) is 0 Å². The van der Waals surface area contributed by atoms with E-state index >= 15 is 0 Å². The fourth-order valence-electron chi connectivity index (χ4n) is 3.50. The molecule has 0 saturated heterocycles. The van der Waals surface area contributed by atoms with Gasteiger partial charge in [-0.15, -0.1) is 0 Å². The summed E-state index contributed by atoms with van der Waals surface area (Å²) in [6, 6.07) is 19.9. The third kappa shape index (κ3) is 5.07. The fourth-order valence-corrected chi connectivity index (χ4v) is 3.50. The second-order valence-corrected chi connectivity index (χ2v) is 7.62. The lowest BCUT2D eigenvalue weighted by atomic mass is 10.0. The Kier molecular flexibility index (Phi) is 6.37. The van der Waals surface area contributed by atoms with Gasteiger partial charge in [-0.3, -0.25) is 9.59 Å². The highest BCUT2D eigenvalue weighted by atomic mass is 16.7. The molecule has 1 atom stereocenters. The van der Waals surface area contributed by atoms with Gasteiger partial charge in [0.25, 0.3) is 5.91 Å². The standard InChI is InChI=1S/C25H24N2O5/c26-21(25(29)30)13-17-3-7-19(8-4-17)24(28)27-12-11-16-1-5-18(6-2-16)20-9-10-22-23(14-20)32-15-31-22/h1-10,14,21H,11-13,15,26H2,(H,27,28)(H,29,30)/t21-/m0/s1. The third-order valence-corrected chi connectivity index (χ3v) is 5.35. The zero-order valence-corrected chi connectivity index (χ0v) is 17.4. The van der Waals surface area contributed by atoms with E-state index in [1.165, 1.54) is 0 Å². The number of aliphatic carboxylic acids is 1. The van der Waals surface area contributed by atoms with Crippen LogP contribution >= 0.6 is 0 Å². The predicted molar refractivity (Wildman–Crippen MR) is 120 cm³/mol. The van der Waals surface area contributed by atoms with Crippen LogP contribution in [0.1, 0.15) is 21.5 Å². The Morgan fingerprint density at radius 3 is 2.28 bits per heavy atom. The lowest BCUT2D eigenvalue weighted by molar-refractivity contribution is -0.138. The first-order valence-corrected chi connectivity index (χ1v) is 10.3. The van der Waals surface area contributed by atoms with Crippen LogP contribution in [0.5, 0.6) is 11.5 Å². The van der Waals surface area contributed by atoms with Gasteiger partial charge in [-0.2, -0.15) is 0 Å². The number of amides is 1. The summed E-state index contributed by atoms with van der Waals surface area (Å²) in [6.45, 7) is 0.764. The van der Waals surface area contributed by atoms with Crippen LogP contribution in [0.2, 0.25) is 0 Å². The molecule has 1 aliphatic heterocycles. The molecule has 0 aromatic heterocycles. The van der Waals surface area contributed by atoms with Crippen LogP contribution in [0.3, 0.4) is 0 Å². The van der Waals surface area contributed by atoms with Gasteiger partial charge in [-0.25, -0.2) is 0 Å². The number of nitrogens with one attached hydrogen (secondary N) is 1. The van der Waals surface area contributed by atoms with Gasteiger partial charge in [0.1, 0.15) is 6.04 Å². The van der Waals surface area contributed by atoms with Crippen molar-refractivity contribution < 1.29 is 24.2 Å². The Bertz CT molecular complexity index is 1110. The van der Waals surface area contributed by atoms with Crippen molar-refractivity contribution in [2.75, 3.05) is 13.3 Å². The molecule has 0 bridgehead atoms. The van der Waals surface area contributed by atoms with Crippen molar-refractivity contribution in [2.24, 2.45) is 5.73 Å². The first kappa shape index (κ1) is 21.4. The van der Waals surface area contributed by atoms with Crippen molar-refractivity contribution in [3.05, 3.63) is 83.4 Å². The topological polar surface area (TPSA) is 111 Å². The number of rotatable bonds is 8. The molecular weight excluding hydrogens is 408 g/mol. The monoisotopic (exact) mass is 432 g/mol. The van der Waals surface area contributed by atoms with Gasteiger partial charge in [-0.05, 0) is 59.4 Å². The SMILES string of the molecule is N[C@@H](Cc1ccc(C(=O)NCCc2ccc(-c3ccc4c(c3)OCO4)cc2)cc1)C(=O)O. The molecule has 1 heterocycles. The Hall–Kier alpha value is -3.84. The van der Waals surface area contributed by atoms with E-state index in [9.17, 15) is 9.59 Å². The summed E-state index contributed by atoms with van der Waals surface area (Å²) >= 11 is 0. The summed E-state index contributed by atoms with van der Waals surface area (Å²) in [5, 5.41) is 11.8. The Labute approximate surface area is 185 Å². The van der Waals surface area contributed by atoms with E-state index in [4.69, 9.17) is 20.3 Å². The highest BCUT2D eigenvalue weighted by Gasteiger charge is 2.14. The van der Waals surface area contributed by atoms with E-state index < -0.39 is 12.0 Å². The van der Waals surface area contributed by atoms with Crippen molar-refractivity contribution in [2.45, 2.75) is 18.9 Å². The normalized spacial score (nSPS) is 12.9. The summed E-state index contributed by atoms with van der Waals surface area (Å²) in [7, 11) is 0. The van der Waals surface area contributed by atoms with Crippen molar-refractivity contribution in [1.82, 2.24) is 5.32 Å². The van der Waals surface area contributed by atoms with Crippen molar-refractivity contribution in [3.8, 4) is 22.6 Å². The number of carbonyl (C=O) groups is 2. The van der Waals surface area contributed by atoms with Gasteiger partial charge >= 0.3 is 5.97 Å². The van der Waals surface area contributed by atoms with Crippen LogP contribution in [0.4, 0.5) is 0 Å². The second-order valence-electron chi connectivity index (χ2n) is 7.62. The van der Waals surface area contributed by atoms with E-state index in [1.54, 1.807) is 24.3 Å². The van der Waals surface area contributed by atoms with Crippen molar-refractivity contribution >= 4 is 11.9 Å². The third-order valence-electron chi connectivity index (χ3n) is 5.35. The van der Waals surface area contributed by atoms with Gasteiger partial charge in [0.15, 0.2) is 11.5 Å². The van der Waals surface area contributed by atoms with Crippen LogP contribution < -0.4 is 20.5 Å². The molecular formula is C25H24N2O5. The van der Waals surface area contributed by atoms with E-state index in [2.05, 4.69) is 17.4 Å². The maximum Gasteiger partial charge on any atom is 0.320 e. The quantitative estimate of drug-likeness (QED) is 0.505. The van der Waals surface area contributed by atoms with Crippen LogP contribution in [0.25, 0.3) is 11.1 Å². The molecule has 0 radical (unpaired) electrons. The number of ether oxygens (including phenoxy) is 2. The minimum absolute atomic E-state index is 0.170. The minimum Gasteiger partial charge on any atom is -0.480 e. The first-order valence-electron chi connectivity index (χ1n) is 10.3. The zero-order valence-electron chi connectivity index (χ0n) is 17.4. The lowest BCUT2D eigenvalue weighted by Gasteiger charge is -2.09. The predicted octanol–water partition coefficient (Wildman–Crippen LogP) is 3.01. The molecule has 1 amide bonds. The zero-order chi connectivity index (χ0) is 22.5. The first-order chi connectivity index (χ1) is 15.5. The van der Waals surface area contributed by atoms with Gasteiger partial charge in [0.2, 0.25) is 6.79 Å². The van der Waals surface area contributed by atoms with Gasteiger partial charge in [0.05, 0.1) is 0 Å². The maximum absolute atomic E-state index is 12.4. The lowest BCUT2D eigenvalue weighted by Crippen LogP contribution is -2.32. The van der Waals surface area contributed by atoms with Crippen molar-refractivity contribution in [1.29, 1.82) is 0 Å². The number of carboxylic acid groups (broad SMARTS) is 1. The molecule has 3 aromatic carbocycles. The average molecular weight is 432 g/mol. The number of benzene rings is 3. The molecule has 0 unspecified atom stereocenters. The van der Waals surface area contributed by atoms with Gasteiger partial charge in [0, 0.05) is 12.1 Å². The Morgan fingerprint density at radius 1 is 0.906 bits per heavy atom. The number of hydrogen-bond acceptors (Lipinski definition) is 5. The highest BCUT2D eigenvalue weighted by Crippen LogP contribution is 2.35. The number of nitrogens with two attached hydrogens (primary N) is 1. The largest absolute Gasteiger partial charge is 0.480 e. The molecule has 7 nitrogen and oxygen atoms in total. The highest BCUT2D eigenvalue weighted by molar-refractivity contribution is 5.94. The molecule has 4 N–H and O–H groups in total. The second kappa shape index (κ2) is 9.53. The smallest absolute Gasteiger partial charge is 0.320 e. The summed E-state index contributed by atoms with van der Waals surface area (Å²) in [5.74, 6) is 0.304. The van der Waals surface area contributed by atoms with Crippen LogP contribution in [-0.2, 0) is 17.6 Å². The summed E-state index contributed by atoms with van der Waals surface area (Å²) in [5.41, 5.74) is 10.1. The Balaban J connectivity index is 1.28. The molecule has 164 valence electrons. The van der Waals surface area contributed by atoms with Crippen LogP contribution in [-0.4, -0.2) is 36.4 Å². The molecule has 0 saturated carbocycles. The molecule has 0 fully saturated rings.